The van der Waals surface area contributed by atoms with Crippen LogP contribution >= 0.6 is 0 Å². The molecule has 0 aliphatic rings. The second kappa shape index (κ2) is 62.1. The van der Waals surface area contributed by atoms with Crippen LogP contribution in [0.15, 0.2) is 85.1 Å². The molecular formula is C68H118O6. The molecule has 6 heteroatoms. The van der Waals surface area contributed by atoms with Gasteiger partial charge in [-0.25, -0.2) is 0 Å². The van der Waals surface area contributed by atoms with E-state index in [0.29, 0.717) is 19.3 Å². The molecule has 0 aromatic heterocycles. The Balaban J connectivity index is 4.47. The van der Waals surface area contributed by atoms with Gasteiger partial charge in [-0.15, -0.1) is 0 Å². The van der Waals surface area contributed by atoms with Crippen molar-refractivity contribution >= 4 is 17.9 Å². The van der Waals surface area contributed by atoms with Crippen molar-refractivity contribution in [2.24, 2.45) is 0 Å². The number of hydrogen-bond donors (Lipinski definition) is 0. The average molecular weight is 1030 g/mol. The second-order valence-electron chi connectivity index (χ2n) is 20.9. The Bertz CT molecular complexity index is 1420. The molecule has 0 radical (unpaired) electrons. The van der Waals surface area contributed by atoms with E-state index in [-0.39, 0.29) is 37.5 Å². The molecule has 0 aromatic rings. The van der Waals surface area contributed by atoms with Crippen molar-refractivity contribution in [3.63, 3.8) is 0 Å². The van der Waals surface area contributed by atoms with E-state index < -0.39 is 6.10 Å². The van der Waals surface area contributed by atoms with Gasteiger partial charge in [0, 0.05) is 19.3 Å². The number of ether oxygens (including phenoxy) is 3. The Morgan fingerprint density at radius 2 is 0.554 bits per heavy atom. The van der Waals surface area contributed by atoms with E-state index in [1.54, 1.807) is 0 Å². The summed E-state index contributed by atoms with van der Waals surface area (Å²) < 4.78 is 16.9. The zero-order valence-corrected chi connectivity index (χ0v) is 48.8. The minimum atomic E-state index is -0.809. The van der Waals surface area contributed by atoms with Crippen LogP contribution in [0.5, 0.6) is 0 Å². The molecule has 6 nitrogen and oxygen atoms in total. The smallest absolute Gasteiger partial charge is 0.306 e. The van der Waals surface area contributed by atoms with Gasteiger partial charge < -0.3 is 14.2 Å². The molecule has 426 valence electrons. The minimum Gasteiger partial charge on any atom is -0.462 e. The van der Waals surface area contributed by atoms with Gasteiger partial charge in [-0.3, -0.25) is 14.4 Å². The van der Waals surface area contributed by atoms with Gasteiger partial charge in [-0.05, 0) is 83.5 Å². The zero-order chi connectivity index (χ0) is 53.6. The fraction of sp³-hybridized carbons (Fsp3) is 0.750. The van der Waals surface area contributed by atoms with Crippen LogP contribution in [0, 0.1) is 0 Å². The first-order valence-corrected chi connectivity index (χ1v) is 31.6. The van der Waals surface area contributed by atoms with Crippen molar-refractivity contribution in [1.29, 1.82) is 0 Å². The van der Waals surface area contributed by atoms with Crippen LogP contribution in [0.2, 0.25) is 0 Å². The molecule has 1 unspecified atom stereocenters. The summed E-state index contributed by atoms with van der Waals surface area (Å²) in [5.74, 6) is -0.978. The number of carbonyl (C=O) groups is 3. The van der Waals surface area contributed by atoms with Crippen LogP contribution in [0.25, 0.3) is 0 Å². The third-order valence-electron chi connectivity index (χ3n) is 13.6. The Labute approximate surface area is 458 Å². The van der Waals surface area contributed by atoms with E-state index in [1.807, 2.05) is 6.08 Å². The van der Waals surface area contributed by atoms with Crippen molar-refractivity contribution in [3.8, 4) is 0 Å². The van der Waals surface area contributed by atoms with E-state index in [2.05, 4.69) is 99.8 Å². The summed E-state index contributed by atoms with van der Waals surface area (Å²) in [6.45, 7) is 6.50. The molecule has 0 aliphatic carbocycles. The van der Waals surface area contributed by atoms with E-state index in [4.69, 9.17) is 14.2 Å². The van der Waals surface area contributed by atoms with Crippen molar-refractivity contribution in [3.05, 3.63) is 85.1 Å². The molecule has 0 saturated carbocycles. The van der Waals surface area contributed by atoms with Gasteiger partial charge in [0.05, 0.1) is 0 Å². The molecular weight excluding hydrogens is 913 g/mol. The lowest BCUT2D eigenvalue weighted by atomic mass is 10.0. The molecule has 0 bridgehead atoms. The van der Waals surface area contributed by atoms with E-state index in [0.717, 1.165) is 77.0 Å². The Morgan fingerprint density at radius 3 is 0.905 bits per heavy atom. The molecule has 0 aliphatic heterocycles. The Morgan fingerprint density at radius 1 is 0.284 bits per heavy atom. The number of carbonyl (C=O) groups excluding carboxylic acids is 3. The van der Waals surface area contributed by atoms with Crippen LogP contribution < -0.4 is 0 Å². The number of hydrogen-bond acceptors (Lipinski definition) is 6. The molecule has 74 heavy (non-hydrogen) atoms. The maximum atomic E-state index is 12.9. The van der Waals surface area contributed by atoms with Crippen molar-refractivity contribution < 1.29 is 28.6 Å². The number of unbranched alkanes of at least 4 members (excludes halogenated alkanes) is 32. The predicted octanol–water partition coefficient (Wildman–Crippen LogP) is 21.5. The molecule has 0 spiro atoms. The molecule has 0 fully saturated rings. The number of esters is 3. The zero-order valence-electron chi connectivity index (χ0n) is 48.8. The standard InChI is InChI=1S/C68H118O6/c1-4-7-10-13-16-19-22-25-28-31-34-37-40-43-46-49-52-55-58-61-67(70)73-64-65(63-72-66(69)60-57-54-51-48-45-42-39-36-33-30-27-24-21-18-15-12-9-6-3)74-68(71)62-59-56-53-50-47-44-41-38-35-32-29-26-23-20-17-14-11-8-5-2/h7,10,16,19,25,28,32,34-35,37,43,46,52,55,65H,4-6,8-9,11-15,17-18,20-24,26-27,29-31,33,36,38-42,44-45,47-51,53-54,56-64H2,1-3H3/b10-7-,19-16-,28-25-,35-32-,37-34-,46-43-,55-52-. The van der Waals surface area contributed by atoms with E-state index in [9.17, 15) is 14.4 Å². The van der Waals surface area contributed by atoms with Crippen LogP contribution in [0.3, 0.4) is 0 Å². The van der Waals surface area contributed by atoms with E-state index >= 15 is 0 Å². The summed E-state index contributed by atoms with van der Waals surface area (Å²) in [5.41, 5.74) is 0. The molecule has 0 aromatic carbocycles. The molecule has 0 saturated heterocycles. The first kappa shape index (κ1) is 70.6. The molecule has 0 heterocycles. The highest BCUT2D eigenvalue weighted by molar-refractivity contribution is 5.71. The van der Waals surface area contributed by atoms with Gasteiger partial charge in [0.1, 0.15) is 13.2 Å². The highest BCUT2D eigenvalue weighted by atomic mass is 16.6. The number of allylic oxidation sites excluding steroid dienone is 14. The lowest BCUT2D eigenvalue weighted by Gasteiger charge is -2.18. The fourth-order valence-corrected chi connectivity index (χ4v) is 8.94. The molecule has 0 N–H and O–H groups in total. The molecule has 0 rings (SSSR count). The van der Waals surface area contributed by atoms with Gasteiger partial charge in [0.25, 0.3) is 0 Å². The first-order chi connectivity index (χ1) is 36.5. The molecule has 0 amide bonds. The third-order valence-corrected chi connectivity index (χ3v) is 13.6. The highest BCUT2D eigenvalue weighted by Gasteiger charge is 2.19. The largest absolute Gasteiger partial charge is 0.462 e. The quantitative estimate of drug-likeness (QED) is 0.0261. The highest BCUT2D eigenvalue weighted by Crippen LogP contribution is 2.17. The molecule has 1 atom stereocenters. The fourth-order valence-electron chi connectivity index (χ4n) is 8.94. The lowest BCUT2D eigenvalue weighted by molar-refractivity contribution is -0.166. The normalized spacial score (nSPS) is 12.6. The maximum Gasteiger partial charge on any atom is 0.306 e. The number of rotatable bonds is 57. The monoisotopic (exact) mass is 1030 g/mol. The first-order valence-electron chi connectivity index (χ1n) is 31.6. The average Bonchev–Trinajstić information content (AvgIpc) is 3.40. The van der Waals surface area contributed by atoms with Gasteiger partial charge in [0.2, 0.25) is 0 Å². The van der Waals surface area contributed by atoms with Crippen LogP contribution in [-0.4, -0.2) is 37.2 Å². The topological polar surface area (TPSA) is 78.9 Å². The lowest BCUT2D eigenvalue weighted by Crippen LogP contribution is -2.30. The summed E-state index contributed by atoms with van der Waals surface area (Å²) in [5, 5.41) is 0. The third kappa shape index (κ3) is 59.5. The van der Waals surface area contributed by atoms with Crippen molar-refractivity contribution in [2.75, 3.05) is 13.2 Å². The SMILES string of the molecule is CC/C=C\C/C=C\C/C=C\C/C=C\C/C=C\C/C=C\CCC(=O)OCC(COC(=O)CCCCCCCCCCCCCCCCCCCC)OC(=O)CCCCCCCCC/C=C\CCCCCCCCCC. The Kier molecular flexibility index (Phi) is 59.3. The predicted molar refractivity (Wildman–Crippen MR) is 321 cm³/mol. The maximum absolute atomic E-state index is 12.9. The van der Waals surface area contributed by atoms with Crippen molar-refractivity contribution in [2.45, 2.75) is 316 Å². The summed E-state index contributed by atoms with van der Waals surface area (Å²) in [4.78, 5) is 38.3. The van der Waals surface area contributed by atoms with Crippen LogP contribution in [0.1, 0.15) is 310 Å². The summed E-state index contributed by atoms with van der Waals surface area (Å²) in [6, 6.07) is 0. The summed E-state index contributed by atoms with van der Waals surface area (Å²) >= 11 is 0. The van der Waals surface area contributed by atoms with Crippen molar-refractivity contribution in [1.82, 2.24) is 0 Å². The van der Waals surface area contributed by atoms with Crippen LogP contribution in [0.4, 0.5) is 0 Å². The Hall–Kier alpha value is -3.41. The van der Waals surface area contributed by atoms with E-state index in [1.165, 1.54) is 186 Å². The van der Waals surface area contributed by atoms with Gasteiger partial charge in [-0.1, -0.05) is 292 Å². The van der Waals surface area contributed by atoms with Crippen LogP contribution in [-0.2, 0) is 28.6 Å². The van der Waals surface area contributed by atoms with Gasteiger partial charge >= 0.3 is 17.9 Å². The minimum absolute atomic E-state index is 0.0988. The summed E-state index contributed by atoms with van der Waals surface area (Å²) in [7, 11) is 0. The van der Waals surface area contributed by atoms with Gasteiger partial charge in [0.15, 0.2) is 6.10 Å². The van der Waals surface area contributed by atoms with Gasteiger partial charge in [-0.2, -0.15) is 0 Å². The summed E-state index contributed by atoms with van der Waals surface area (Å²) in [6.07, 6.45) is 81.7. The second-order valence-corrected chi connectivity index (χ2v) is 20.9.